The number of fused-ring (bicyclic) bond motifs is 1. The first kappa shape index (κ1) is 17.9. The summed E-state index contributed by atoms with van der Waals surface area (Å²) in [4.78, 5) is 4.20. The smallest absolute Gasteiger partial charge is 0.237 e. The lowest BCUT2D eigenvalue weighted by atomic mass is 10.1. The van der Waals surface area contributed by atoms with E-state index in [0.717, 1.165) is 3.97 Å². The van der Waals surface area contributed by atoms with Gasteiger partial charge in [0, 0.05) is 28.9 Å². The van der Waals surface area contributed by atoms with Crippen molar-refractivity contribution in [1.82, 2.24) is 8.96 Å². The Bertz CT molecular complexity index is 1040. The van der Waals surface area contributed by atoms with E-state index < -0.39 is 21.1 Å². The molecule has 0 aliphatic heterocycles. The number of hydrogen-bond acceptors (Lipinski definition) is 3. The number of benzene rings is 1. The highest BCUT2D eigenvalue weighted by molar-refractivity contribution is 7.90. The Balaban J connectivity index is 2.38. The average Bonchev–Trinajstić information content (AvgIpc) is 2.96. The summed E-state index contributed by atoms with van der Waals surface area (Å²) < 4.78 is 41.5. The van der Waals surface area contributed by atoms with Gasteiger partial charge in [0.15, 0.2) is 5.65 Å². The van der Waals surface area contributed by atoms with Gasteiger partial charge in [-0.1, -0.05) is 43.6 Å². The molecule has 132 valence electrons. The maximum Gasteiger partial charge on any atom is 0.243 e. The Morgan fingerprint density at radius 1 is 1.12 bits per heavy atom. The standard InChI is InChI=1S/C18H18ClFN2O2S/c1-11(2)12(3)25(23,24)22-10-14(13-6-4-5-7-16(13)20)17-15(19)8-9-21-18(17)22/h4-12H,1-3H3/t12-/m0/s1. The van der Waals surface area contributed by atoms with E-state index in [9.17, 15) is 12.8 Å². The highest BCUT2D eigenvalue weighted by Crippen LogP contribution is 2.37. The Kier molecular flexibility index (Phi) is 4.60. The number of hydrogen-bond donors (Lipinski definition) is 0. The van der Waals surface area contributed by atoms with Gasteiger partial charge < -0.3 is 0 Å². The number of nitrogens with zero attached hydrogens (tertiary/aromatic N) is 2. The molecule has 3 aromatic rings. The van der Waals surface area contributed by atoms with Gasteiger partial charge in [0.25, 0.3) is 0 Å². The molecule has 0 bridgehead atoms. The molecule has 2 aromatic heterocycles. The Morgan fingerprint density at radius 2 is 1.80 bits per heavy atom. The van der Waals surface area contributed by atoms with Crippen LogP contribution in [0.2, 0.25) is 5.02 Å². The van der Waals surface area contributed by atoms with Gasteiger partial charge in [0.2, 0.25) is 10.0 Å². The summed E-state index contributed by atoms with van der Waals surface area (Å²) >= 11 is 6.30. The molecule has 0 radical (unpaired) electrons. The van der Waals surface area contributed by atoms with E-state index in [1.165, 1.54) is 18.5 Å². The minimum Gasteiger partial charge on any atom is -0.237 e. The lowest BCUT2D eigenvalue weighted by Crippen LogP contribution is -2.29. The predicted octanol–water partition coefficient (Wildman–Crippen LogP) is 4.72. The zero-order valence-electron chi connectivity index (χ0n) is 14.1. The van der Waals surface area contributed by atoms with Crippen molar-refractivity contribution in [3.05, 3.63) is 53.6 Å². The van der Waals surface area contributed by atoms with Crippen molar-refractivity contribution in [3.63, 3.8) is 0 Å². The number of aromatic nitrogens is 2. The topological polar surface area (TPSA) is 52.0 Å². The van der Waals surface area contributed by atoms with Crippen LogP contribution in [0.3, 0.4) is 0 Å². The monoisotopic (exact) mass is 380 g/mol. The van der Waals surface area contributed by atoms with Gasteiger partial charge in [-0.25, -0.2) is 21.8 Å². The number of rotatable bonds is 4. The van der Waals surface area contributed by atoms with Crippen LogP contribution in [0.25, 0.3) is 22.2 Å². The van der Waals surface area contributed by atoms with Crippen molar-refractivity contribution in [1.29, 1.82) is 0 Å². The summed E-state index contributed by atoms with van der Waals surface area (Å²) in [6, 6.07) is 7.76. The van der Waals surface area contributed by atoms with Crippen LogP contribution in [0.1, 0.15) is 20.8 Å². The second-order valence-electron chi connectivity index (χ2n) is 6.30. The van der Waals surface area contributed by atoms with E-state index in [-0.39, 0.29) is 17.1 Å². The molecule has 0 spiro atoms. The third kappa shape index (κ3) is 2.93. The van der Waals surface area contributed by atoms with Crippen molar-refractivity contribution in [2.75, 3.05) is 0 Å². The molecule has 25 heavy (non-hydrogen) atoms. The summed E-state index contributed by atoms with van der Waals surface area (Å²) in [6.45, 7) is 5.33. The molecule has 0 saturated carbocycles. The molecular weight excluding hydrogens is 363 g/mol. The van der Waals surface area contributed by atoms with Gasteiger partial charge in [0.05, 0.1) is 10.3 Å². The van der Waals surface area contributed by atoms with Crippen molar-refractivity contribution in [2.24, 2.45) is 5.92 Å². The maximum atomic E-state index is 14.3. The first-order valence-corrected chi connectivity index (χ1v) is 9.78. The molecular formula is C18H18ClFN2O2S. The summed E-state index contributed by atoms with van der Waals surface area (Å²) in [7, 11) is -3.71. The van der Waals surface area contributed by atoms with Gasteiger partial charge in [-0.3, -0.25) is 0 Å². The van der Waals surface area contributed by atoms with Gasteiger partial charge in [0.1, 0.15) is 5.82 Å². The first-order chi connectivity index (χ1) is 11.7. The molecule has 1 atom stereocenters. The van der Waals surface area contributed by atoms with Crippen LogP contribution in [0, 0.1) is 11.7 Å². The van der Waals surface area contributed by atoms with Crippen LogP contribution in [-0.4, -0.2) is 22.6 Å². The van der Waals surface area contributed by atoms with E-state index in [0.29, 0.717) is 16.0 Å². The Labute approximate surface area is 151 Å². The average molecular weight is 381 g/mol. The lowest BCUT2D eigenvalue weighted by Gasteiger charge is -2.17. The molecule has 4 nitrogen and oxygen atoms in total. The first-order valence-electron chi connectivity index (χ1n) is 7.90. The summed E-state index contributed by atoms with van der Waals surface area (Å²) in [5, 5.41) is 0.126. The number of pyridine rings is 1. The van der Waals surface area contributed by atoms with Crippen molar-refractivity contribution in [3.8, 4) is 11.1 Å². The quantitative estimate of drug-likeness (QED) is 0.658. The lowest BCUT2D eigenvalue weighted by molar-refractivity contribution is 0.539. The van der Waals surface area contributed by atoms with E-state index in [4.69, 9.17) is 11.6 Å². The fourth-order valence-corrected chi connectivity index (χ4v) is 4.61. The van der Waals surface area contributed by atoms with E-state index >= 15 is 0 Å². The van der Waals surface area contributed by atoms with Gasteiger partial charge in [-0.2, -0.15) is 0 Å². The minimum atomic E-state index is -3.71. The molecule has 7 heteroatoms. The minimum absolute atomic E-state index is 0.0847. The van der Waals surface area contributed by atoms with Crippen molar-refractivity contribution < 1.29 is 12.8 Å². The van der Waals surface area contributed by atoms with Crippen LogP contribution in [-0.2, 0) is 10.0 Å². The third-order valence-electron chi connectivity index (χ3n) is 4.45. The molecule has 0 N–H and O–H groups in total. The second kappa shape index (κ2) is 6.42. The SMILES string of the molecule is CC(C)[C@H](C)S(=O)(=O)n1cc(-c2ccccc2F)c2c(Cl)ccnc21. The molecule has 0 aliphatic rings. The van der Waals surface area contributed by atoms with Gasteiger partial charge in [-0.05, 0) is 25.0 Å². The summed E-state index contributed by atoms with van der Waals surface area (Å²) in [5.41, 5.74) is 0.900. The third-order valence-corrected chi connectivity index (χ3v) is 7.08. The van der Waals surface area contributed by atoms with Crippen LogP contribution in [0.5, 0.6) is 0 Å². The van der Waals surface area contributed by atoms with Gasteiger partial charge >= 0.3 is 0 Å². The second-order valence-corrected chi connectivity index (χ2v) is 8.88. The highest BCUT2D eigenvalue weighted by Gasteiger charge is 2.29. The largest absolute Gasteiger partial charge is 0.243 e. The van der Waals surface area contributed by atoms with Crippen LogP contribution < -0.4 is 0 Å². The van der Waals surface area contributed by atoms with Crippen LogP contribution in [0.4, 0.5) is 4.39 Å². The molecule has 0 fully saturated rings. The number of halogens is 2. The van der Waals surface area contributed by atoms with Crippen molar-refractivity contribution >= 4 is 32.7 Å². The molecule has 0 saturated heterocycles. The van der Waals surface area contributed by atoms with E-state index in [1.807, 2.05) is 13.8 Å². The summed E-state index contributed by atoms with van der Waals surface area (Å²) in [6.07, 6.45) is 2.86. The van der Waals surface area contributed by atoms with Crippen molar-refractivity contribution in [2.45, 2.75) is 26.0 Å². The Morgan fingerprint density at radius 3 is 2.44 bits per heavy atom. The molecule has 1 aromatic carbocycles. The normalized spacial score (nSPS) is 13.5. The molecule has 0 amide bonds. The highest BCUT2D eigenvalue weighted by atomic mass is 35.5. The zero-order chi connectivity index (χ0) is 18.4. The summed E-state index contributed by atoms with van der Waals surface area (Å²) in [5.74, 6) is -0.533. The zero-order valence-corrected chi connectivity index (χ0v) is 15.6. The fourth-order valence-electron chi connectivity index (χ4n) is 2.69. The Hall–Kier alpha value is -1.92. The van der Waals surface area contributed by atoms with Crippen LogP contribution >= 0.6 is 11.6 Å². The molecule has 2 heterocycles. The predicted molar refractivity (Wildman–Crippen MR) is 98.8 cm³/mol. The molecule has 0 unspecified atom stereocenters. The van der Waals surface area contributed by atoms with E-state index in [2.05, 4.69) is 4.98 Å². The molecule has 0 aliphatic carbocycles. The maximum absolute atomic E-state index is 14.3. The fraction of sp³-hybridized carbons (Fsp3) is 0.278. The molecule has 3 rings (SSSR count). The van der Waals surface area contributed by atoms with Crippen LogP contribution in [0.15, 0.2) is 42.7 Å². The van der Waals surface area contributed by atoms with Gasteiger partial charge in [-0.15, -0.1) is 0 Å². The van der Waals surface area contributed by atoms with E-state index in [1.54, 1.807) is 31.2 Å².